The summed E-state index contributed by atoms with van der Waals surface area (Å²) in [7, 11) is 3.09. The van der Waals surface area contributed by atoms with Crippen molar-refractivity contribution in [2.45, 2.75) is 19.8 Å². The minimum atomic E-state index is -0.344. The lowest BCUT2D eigenvalue weighted by molar-refractivity contribution is -0.120. The zero-order valence-corrected chi connectivity index (χ0v) is 15.5. The molecular weight excluding hydrogens is 332 g/mol. The van der Waals surface area contributed by atoms with Crippen LogP contribution in [-0.2, 0) is 9.63 Å². The van der Waals surface area contributed by atoms with E-state index in [1.807, 2.05) is 24.3 Å². The van der Waals surface area contributed by atoms with Crippen LogP contribution in [0.15, 0.2) is 47.6 Å². The lowest BCUT2D eigenvalue weighted by Gasteiger charge is -2.11. The molecule has 2 aromatic rings. The van der Waals surface area contributed by atoms with Crippen molar-refractivity contribution >= 4 is 17.8 Å². The van der Waals surface area contributed by atoms with Gasteiger partial charge in [0, 0.05) is 6.07 Å². The Bertz CT molecular complexity index is 755. The van der Waals surface area contributed by atoms with Gasteiger partial charge in [-0.3, -0.25) is 4.79 Å². The molecule has 0 fully saturated rings. The monoisotopic (exact) mass is 356 g/mol. The van der Waals surface area contributed by atoms with Gasteiger partial charge in [-0.2, -0.15) is 0 Å². The Balaban J connectivity index is 1.87. The molecule has 26 heavy (non-hydrogen) atoms. The van der Waals surface area contributed by atoms with E-state index in [-0.39, 0.29) is 12.5 Å². The molecule has 0 saturated heterocycles. The number of anilines is 1. The first-order chi connectivity index (χ1) is 12.5. The van der Waals surface area contributed by atoms with Crippen molar-refractivity contribution in [2.75, 3.05) is 26.1 Å². The molecule has 1 amide bonds. The highest BCUT2D eigenvalue weighted by molar-refractivity contribution is 5.93. The molecule has 138 valence electrons. The zero-order chi connectivity index (χ0) is 18.9. The Morgan fingerprint density at radius 2 is 1.85 bits per heavy atom. The molecule has 0 unspecified atom stereocenters. The van der Waals surface area contributed by atoms with Gasteiger partial charge in [-0.25, -0.2) is 0 Å². The Morgan fingerprint density at radius 1 is 1.12 bits per heavy atom. The molecular formula is C20H24N2O4. The molecule has 0 radical (unpaired) electrons. The van der Waals surface area contributed by atoms with Crippen LogP contribution in [0.1, 0.15) is 30.9 Å². The third-order valence-corrected chi connectivity index (χ3v) is 3.76. The van der Waals surface area contributed by atoms with Crippen molar-refractivity contribution in [3.63, 3.8) is 0 Å². The summed E-state index contributed by atoms with van der Waals surface area (Å²) in [5.41, 5.74) is 2.67. The first-order valence-corrected chi connectivity index (χ1v) is 8.30. The van der Waals surface area contributed by atoms with Crippen LogP contribution in [0.5, 0.6) is 11.5 Å². The van der Waals surface area contributed by atoms with Gasteiger partial charge in [0.2, 0.25) is 0 Å². The Morgan fingerprint density at radius 3 is 2.46 bits per heavy atom. The Kier molecular flexibility index (Phi) is 7.02. The highest BCUT2D eigenvalue weighted by atomic mass is 16.6. The van der Waals surface area contributed by atoms with Crippen LogP contribution in [-0.4, -0.2) is 32.9 Å². The Labute approximate surface area is 153 Å². The summed E-state index contributed by atoms with van der Waals surface area (Å²) in [6.07, 6.45) is 1.57. The van der Waals surface area contributed by atoms with Crippen LogP contribution < -0.4 is 14.8 Å². The van der Waals surface area contributed by atoms with Crippen LogP contribution in [0, 0.1) is 0 Å². The maximum Gasteiger partial charge on any atom is 0.265 e. The number of benzene rings is 2. The summed E-state index contributed by atoms with van der Waals surface area (Å²) in [5.74, 6) is 1.29. The van der Waals surface area contributed by atoms with E-state index in [9.17, 15) is 4.79 Å². The molecule has 0 aliphatic rings. The lowest BCUT2D eigenvalue weighted by Crippen LogP contribution is -2.17. The normalized spacial score (nSPS) is 10.8. The molecule has 0 bridgehead atoms. The summed E-state index contributed by atoms with van der Waals surface area (Å²) in [4.78, 5) is 17.1. The van der Waals surface area contributed by atoms with Gasteiger partial charge in [-0.05, 0) is 29.2 Å². The number of carbonyl (C=O) groups is 1. The average Bonchev–Trinajstić information content (AvgIpc) is 2.65. The summed E-state index contributed by atoms with van der Waals surface area (Å²) in [6.45, 7) is 4.07. The van der Waals surface area contributed by atoms with E-state index >= 15 is 0 Å². The summed E-state index contributed by atoms with van der Waals surface area (Å²) >= 11 is 0. The molecule has 0 aliphatic carbocycles. The van der Waals surface area contributed by atoms with Gasteiger partial charge >= 0.3 is 0 Å². The predicted molar refractivity (Wildman–Crippen MR) is 102 cm³/mol. The molecule has 1 N–H and O–H groups in total. The molecule has 0 atom stereocenters. The average molecular weight is 356 g/mol. The quantitative estimate of drug-likeness (QED) is 0.577. The van der Waals surface area contributed by atoms with E-state index in [1.165, 1.54) is 12.7 Å². The fraction of sp³-hybridized carbons (Fsp3) is 0.300. The molecule has 0 spiro atoms. The molecule has 6 heteroatoms. The molecule has 2 aromatic carbocycles. The van der Waals surface area contributed by atoms with Gasteiger partial charge in [-0.1, -0.05) is 43.3 Å². The van der Waals surface area contributed by atoms with Crippen molar-refractivity contribution in [2.24, 2.45) is 5.16 Å². The van der Waals surface area contributed by atoms with Crippen molar-refractivity contribution in [1.82, 2.24) is 0 Å². The van der Waals surface area contributed by atoms with Crippen LogP contribution in [0.4, 0.5) is 5.69 Å². The van der Waals surface area contributed by atoms with E-state index in [4.69, 9.17) is 14.3 Å². The minimum Gasteiger partial charge on any atom is -0.497 e. The molecule has 0 heterocycles. The third-order valence-electron chi connectivity index (χ3n) is 3.76. The van der Waals surface area contributed by atoms with Gasteiger partial charge in [0.15, 0.2) is 6.61 Å². The summed E-state index contributed by atoms with van der Waals surface area (Å²) in [5, 5.41) is 6.54. The highest BCUT2D eigenvalue weighted by Gasteiger charge is 2.09. The van der Waals surface area contributed by atoms with Gasteiger partial charge < -0.3 is 19.6 Å². The third kappa shape index (κ3) is 5.51. The fourth-order valence-corrected chi connectivity index (χ4v) is 2.26. The van der Waals surface area contributed by atoms with Gasteiger partial charge in [0.1, 0.15) is 11.5 Å². The van der Waals surface area contributed by atoms with Gasteiger partial charge in [0.25, 0.3) is 5.91 Å². The predicted octanol–water partition coefficient (Wildman–Crippen LogP) is 3.82. The number of methoxy groups -OCH3 is 2. The fourth-order valence-electron chi connectivity index (χ4n) is 2.26. The second-order valence-electron chi connectivity index (χ2n) is 5.94. The number of nitrogens with zero attached hydrogens (tertiary/aromatic N) is 1. The molecule has 0 aromatic heterocycles. The van der Waals surface area contributed by atoms with Gasteiger partial charge in [0.05, 0.1) is 26.1 Å². The topological polar surface area (TPSA) is 69.2 Å². The maximum atomic E-state index is 12.0. The first-order valence-electron chi connectivity index (χ1n) is 8.30. The van der Waals surface area contributed by atoms with E-state index in [0.29, 0.717) is 23.1 Å². The maximum absolute atomic E-state index is 12.0. The van der Waals surface area contributed by atoms with Crippen LogP contribution in [0.3, 0.4) is 0 Å². The second kappa shape index (κ2) is 9.46. The van der Waals surface area contributed by atoms with Crippen LogP contribution in [0.25, 0.3) is 0 Å². The number of oxime groups is 1. The molecule has 6 nitrogen and oxygen atoms in total. The Hall–Kier alpha value is -3.02. The molecule has 2 rings (SSSR count). The summed E-state index contributed by atoms with van der Waals surface area (Å²) < 4.78 is 10.4. The molecule has 0 aliphatic heterocycles. The van der Waals surface area contributed by atoms with E-state index in [2.05, 4.69) is 24.3 Å². The standard InChI is InChI=1S/C20H24N2O4/c1-14(2)16-7-5-15(6-8-16)12-21-26-13-20(23)22-18-11-17(24-3)9-10-19(18)25-4/h5-12,14H,13H2,1-4H3,(H,22,23)/b21-12-. The summed E-state index contributed by atoms with van der Waals surface area (Å²) in [6, 6.07) is 13.2. The molecule has 0 saturated carbocycles. The largest absolute Gasteiger partial charge is 0.497 e. The van der Waals surface area contributed by atoms with Crippen molar-refractivity contribution in [1.29, 1.82) is 0 Å². The van der Waals surface area contributed by atoms with E-state index in [1.54, 1.807) is 31.5 Å². The van der Waals surface area contributed by atoms with Gasteiger partial charge in [-0.15, -0.1) is 0 Å². The number of rotatable bonds is 8. The highest BCUT2D eigenvalue weighted by Crippen LogP contribution is 2.28. The minimum absolute atomic E-state index is 0.207. The van der Waals surface area contributed by atoms with Crippen molar-refractivity contribution in [3.8, 4) is 11.5 Å². The number of nitrogens with one attached hydrogen (secondary N) is 1. The SMILES string of the molecule is COc1ccc(OC)c(NC(=O)CO/N=C\c2ccc(C(C)C)cc2)c1. The number of carbonyl (C=O) groups excluding carboxylic acids is 1. The number of amides is 1. The number of hydrogen-bond donors (Lipinski definition) is 1. The van der Waals surface area contributed by atoms with Crippen molar-refractivity contribution < 1.29 is 19.1 Å². The van der Waals surface area contributed by atoms with Crippen LogP contribution >= 0.6 is 0 Å². The van der Waals surface area contributed by atoms with Crippen molar-refractivity contribution in [3.05, 3.63) is 53.6 Å². The number of ether oxygens (including phenoxy) is 2. The van der Waals surface area contributed by atoms with Crippen LogP contribution in [0.2, 0.25) is 0 Å². The first kappa shape index (κ1) is 19.3. The number of hydrogen-bond acceptors (Lipinski definition) is 5. The van der Waals surface area contributed by atoms with E-state index < -0.39 is 0 Å². The zero-order valence-electron chi connectivity index (χ0n) is 15.5. The lowest BCUT2D eigenvalue weighted by atomic mass is 10.0. The van der Waals surface area contributed by atoms with E-state index in [0.717, 1.165) is 5.56 Å². The second-order valence-corrected chi connectivity index (χ2v) is 5.94. The smallest absolute Gasteiger partial charge is 0.265 e.